The van der Waals surface area contributed by atoms with Gasteiger partial charge >= 0.3 is 0 Å². The van der Waals surface area contributed by atoms with E-state index in [-0.39, 0.29) is 0 Å². The third-order valence-corrected chi connectivity index (χ3v) is 4.88. The molecule has 2 N–H and O–H groups in total. The summed E-state index contributed by atoms with van der Waals surface area (Å²) in [4.78, 5) is 9.06. The fourth-order valence-electron chi connectivity index (χ4n) is 3.15. The number of guanidine groups is 1. The van der Waals surface area contributed by atoms with Crippen molar-refractivity contribution in [3.8, 4) is 17.4 Å². The third-order valence-electron chi connectivity index (χ3n) is 4.88. The van der Waals surface area contributed by atoms with Crippen LogP contribution in [0.2, 0.25) is 0 Å². The summed E-state index contributed by atoms with van der Waals surface area (Å²) in [6.45, 7) is 8.07. The molecule has 170 valence electrons. The molecule has 32 heavy (non-hydrogen) atoms. The molecule has 0 aliphatic heterocycles. The van der Waals surface area contributed by atoms with Crippen LogP contribution in [0.15, 0.2) is 52.1 Å². The maximum atomic E-state index is 5.78. The van der Waals surface area contributed by atoms with Crippen LogP contribution in [0.4, 0.5) is 0 Å². The SMILES string of the molecule is CCNC(=NCc1ccc(Oc2ccc(OC)cc2)nc1)NCc1c(CC)noc1CC. The minimum Gasteiger partial charge on any atom is -0.497 e. The monoisotopic (exact) mass is 437 g/mol. The molecule has 0 saturated carbocycles. The zero-order valence-corrected chi connectivity index (χ0v) is 19.1. The van der Waals surface area contributed by atoms with Gasteiger partial charge in [-0.2, -0.15) is 0 Å². The molecule has 8 nitrogen and oxygen atoms in total. The van der Waals surface area contributed by atoms with Crippen molar-refractivity contribution in [1.29, 1.82) is 0 Å². The number of methoxy groups -OCH3 is 1. The Morgan fingerprint density at radius 3 is 2.41 bits per heavy atom. The quantitative estimate of drug-likeness (QED) is 0.362. The molecule has 0 aliphatic rings. The van der Waals surface area contributed by atoms with Crippen molar-refractivity contribution in [1.82, 2.24) is 20.8 Å². The van der Waals surface area contributed by atoms with Crippen LogP contribution in [-0.2, 0) is 25.9 Å². The first kappa shape index (κ1) is 23.1. The molecule has 0 radical (unpaired) electrons. The number of aromatic nitrogens is 2. The van der Waals surface area contributed by atoms with Gasteiger partial charge in [0, 0.05) is 37.3 Å². The first-order valence-electron chi connectivity index (χ1n) is 10.9. The lowest BCUT2D eigenvalue weighted by Gasteiger charge is -2.12. The molecule has 0 aliphatic carbocycles. The van der Waals surface area contributed by atoms with Crippen molar-refractivity contribution in [3.05, 3.63) is 65.2 Å². The summed E-state index contributed by atoms with van der Waals surface area (Å²) in [7, 11) is 1.63. The minimum absolute atomic E-state index is 0.496. The summed E-state index contributed by atoms with van der Waals surface area (Å²) < 4.78 is 16.4. The summed E-state index contributed by atoms with van der Waals surface area (Å²) in [5.41, 5.74) is 3.09. The average Bonchev–Trinajstić information content (AvgIpc) is 3.24. The van der Waals surface area contributed by atoms with E-state index in [1.165, 1.54) is 0 Å². The van der Waals surface area contributed by atoms with Gasteiger partial charge < -0.3 is 24.6 Å². The Kier molecular flexibility index (Phi) is 8.48. The predicted molar refractivity (Wildman–Crippen MR) is 124 cm³/mol. The number of benzene rings is 1. The fourth-order valence-corrected chi connectivity index (χ4v) is 3.15. The van der Waals surface area contributed by atoms with Crippen LogP contribution in [-0.4, -0.2) is 29.8 Å². The number of nitrogens with one attached hydrogen (secondary N) is 2. The minimum atomic E-state index is 0.496. The Hall–Kier alpha value is -3.55. The van der Waals surface area contributed by atoms with E-state index in [1.807, 2.05) is 43.3 Å². The smallest absolute Gasteiger partial charge is 0.219 e. The molecule has 0 atom stereocenters. The van der Waals surface area contributed by atoms with Gasteiger partial charge in [-0.15, -0.1) is 0 Å². The molecule has 0 spiro atoms. The summed E-state index contributed by atoms with van der Waals surface area (Å²) in [6, 6.07) is 11.2. The van der Waals surface area contributed by atoms with Crippen molar-refractivity contribution in [2.24, 2.45) is 4.99 Å². The molecule has 0 fully saturated rings. The molecule has 3 rings (SSSR count). The number of ether oxygens (including phenoxy) is 2. The number of nitrogens with zero attached hydrogens (tertiary/aromatic N) is 3. The van der Waals surface area contributed by atoms with Crippen LogP contribution < -0.4 is 20.1 Å². The lowest BCUT2D eigenvalue weighted by Crippen LogP contribution is -2.37. The largest absolute Gasteiger partial charge is 0.497 e. The van der Waals surface area contributed by atoms with E-state index < -0.39 is 0 Å². The van der Waals surface area contributed by atoms with Crippen LogP contribution in [0, 0.1) is 0 Å². The normalized spacial score (nSPS) is 11.3. The Morgan fingerprint density at radius 1 is 1.00 bits per heavy atom. The lowest BCUT2D eigenvalue weighted by molar-refractivity contribution is 0.380. The molecule has 8 heteroatoms. The number of aliphatic imine (C=N–C) groups is 1. The van der Waals surface area contributed by atoms with E-state index in [0.717, 1.165) is 53.7 Å². The predicted octanol–water partition coefficient (Wildman–Crippen LogP) is 4.25. The van der Waals surface area contributed by atoms with Crippen molar-refractivity contribution in [2.75, 3.05) is 13.7 Å². The van der Waals surface area contributed by atoms with Crippen molar-refractivity contribution >= 4 is 5.96 Å². The summed E-state index contributed by atoms with van der Waals surface area (Å²) >= 11 is 0. The maximum Gasteiger partial charge on any atom is 0.219 e. The van der Waals surface area contributed by atoms with E-state index in [2.05, 4.69) is 39.6 Å². The van der Waals surface area contributed by atoms with E-state index >= 15 is 0 Å². The molecule has 0 saturated heterocycles. The Balaban J connectivity index is 1.60. The van der Waals surface area contributed by atoms with Crippen LogP contribution in [0.3, 0.4) is 0 Å². The van der Waals surface area contributed by atoms with Crippen LogP contribution in [0.5, 0.6) is 17.4 Å². The van der Waals surface area contributed by atoms with Gasteiger partial charge in [-0.3, -0.25) is 0 Å². The second kappa shape index (κ2) is 11.7. The molecular weight excluding hydrogens is 406 g/mol. The molecule has 2 aromatic heterocycles. The third kappa shape index (κ3) is 6.23. The molecule has 2 heterocycles. The number of aryl methyl sites for hydroxylation is 2. The second-order valence-corrected chi connectivity index (χ2v) is 7.07. The highest BCUT2D eigenvalue weighted by atomic mass is 16.5. The zero-order chi connectivity index (χ0) is 22.8. The molecular formula is C24H31N5O3. The van der Waals surface area contributed by atoms with E-state index in [9.17, 15) is 0 Å². The van der Waals surface area contributed by atoms with Gasteiger partial charge in [0.1, 0.15) is 17.3 Å². The van der Waals surface area contributed by atoms with Gasteiger partial charge in [-0.1, -0.05) is 25.1 Å². The topological polar surface area (TPSA) is 93.8 Å². The van der Waals surface area contributed by atoms with Gasteiger partial charge in [0.15, 0.2) is 5.96 Å². The van der Waals surface area contributed by atoms with E-state index in [1.54, 1.807) is 13.3 Å². The maximum absolute atomic E-state index is 5.78. The van der Waals surface area contributed by atoms with E-state index in [4.69, 9.17) is 14.0 Å². The highest BCUT2D eigenvalue weighted by molar-refractivity contribution is 5.79. The van der Waals surface area contributed by atoms with Crippen molar-refractivity contribution in [2.45, 2.75) is 46.7 Å². The standard InChI is InChI=1S/C24H31N5O3/c1-5-21-20(22(6-2)32-29-21)16-28-24(25-7-3)27-15-17-8-13-23(26-14-17)31-19-11-9-18(30-4)10-12-19/h8-14H,5-7,15-16H2,1-4H3,(H2,25,27,28). The van der Waals surface area contributed by atoms with Crippen LogP contribution in [0.25, 0.3) is 0 Å². The molecule has 3 aromatic rings. The average molecular weight is 438 g/mol. The van der Waals surface area contributed by atoms with Crippen LogP contribution in [0.1, 0.15) is 43.4 Å². The lowest BCUT2D eigenvalue weighted by atomic mass is 10.1. The van der Waals surface area contributed by atoms with E-state index in [0.29, 0.717) is 24.7 Å². The highest BCUT2D eigenvalue weighted by Crippen LogP contribution is 2.22. The second-order valence-electron chi connectivity index (χ2n) is 7.07. The van der Waals surface area contributed by atoms with Gasteiger partial charge in [0.25, 0.3) is 0 Å². The van der Waals surface area contributed by atoms with Gasteiger partial charge in [-0.05, 0) is 43.2 Å². The first-order valence-corrected chi connectivity index (χ1v) is 10.9. The number of hydrogen-bond acceptors (Lipinski definition) is 6. The number of pyridine rings is 1. The summed E-state index contributed by atoms with van der Waals surface area (Å²) in [6.07, 6.45) is 3.43. The summed E-state index contributed by atoms with van der Waals surface area (Å²) in [5.74, 6) is 3.66. The zero-order valence-electron chi connectivity index (χ0n) is 19.1. The van der Waals surface area contributed by atoms with Gasteiger partial charge in [0.05, 0.1) is 19.3 Å². The van der Waals surface area contributed by atoms with Crippen molar-refractivity contribution in [3.63, 3.8) is 0 Å². The Bertz CT molecular complexity index is 976. The van der Waals surface area contributed by atoms with Gasteiger partial charge in [-0.25, -0.2) is 9.98 Å². The Morgan fingerprint density at radius 2 is 1.78 bits per heavy atom. The van der Waals surface area contributed by atoms with Crippen LogP contribution >= 0.6 is 0 Å². The molecule has 1 aromatic carbocycles. The summed E-state index contributed by atoms with van der Waals surface area (Å²) in [5, 5.41) is 10.8. The Labute approximate surface area is 189 Å². The number of rotatable bonds is 10. The van der Waals surface area contributed by atoms with Crippen molar-refractivity contribution < 1.29 is 14.0 Å². The first-order chi connectivity index (χ1) is 15.7. The molecule has 0 unspecified atom stereocenters. The molecule has 0 amide bonds. The highest BCUT2D eigenvalue weighted by Gasteiger charge is 2.13. The van der Waals surface area contributed by atoms with Gasteiger partial charge in [0.2, 0.25) is 5.88 Å². The number of hydrogen-bond donors (Lipinski definition) is 2. The fraction of sp³-hybridized carbons (Fsp3) is 0.375. The molecule has 0 bridgehead atoms.